The van der Waals surface area contributed by atoms with Crippen LogP contribution in [0.1, 0.15) is 59.6 Å². The van der Waals surface area contributed by atoms with Gasteiger partial charge in [-0.05, 0) is 34.9 Å². The molecule has 0 heterocycles. The highest BCUT2D eigenvalue weighted by Crippen LogP contribution is 2.35. The Morgan fingerprint density at radius 1 is 1.00 bits per heavy atom. The summed E-state index contributed by atoms with van der Waals surface area (Å²) >= 11 is 0. The summed E-state index contributed by atoms with van der Waals surface area (Å²) in [6, 6.07) is 6.23. The maximum Gasteiger partial charge on any atom is 0.194 e. The number of hydrogen-bond donors (Lipinski definition) is 1. The first kappa shape index (κ1) is 15.0. The van der Waals surface area contributed by atoms with Gasteiger partial charge >= 0.3 is 0 Å². The minimum Gasteiger partial charge on any atom is -0.465 e. The molecule has 0 saturated heterocycles. The van der Waals surface area contributed by atoms with Gasteiger partial charge in [0.05, 0.1) is 0 Å². The molecule has 1 atom stereocenters. The van der Waals surface area contributed by atoms with Crippen molar-refractivity contribution in [2.75, 3.05) is 0 Å². The van der Waals surface area contributed by atoms with Gasteiger partial charge in [0.15, 0.2) is 6.29 Å². The Bertz CT molecular complexity index is 406. The molecule has 0 radical (unpaired) electrons. The minimum atomic E-state index is -0.786. The van der Waals surface area contributed by atoms with Gasteiger partial charge in [-0.2, -0.15) is 0 Å². The van der Waals surface area contributed by atoms with Crippen LogP contribution in [-0.2, 0) is 10.8 Å². The lowest BCUT2D eigenvalue weighted by Gasteiger charge is -2.27. The van der Waals surface area contributed by atoms with Gasteiger partial charge < -0.3 is 9.84 Å². The standard InChI is InChI=1S/C16H26O2/c1-11(17)18-14-9-8-12(15(2,3)4)10-13(14)16(5,6)7/h8-11,17H,1-7H3. The lowest BCUT2D eigenvalue weighted by Crippen LogP contribution is -2.19. The predicted molar refractivity (Wildman–Crippen MR) is 76.2 cm³/mol. The van der Waals surface area contributed by atoms with Gasteiger partial charge in [-0.3, -0.25) is 0 Å². The van der Waals surface area contributed by atoms with Gasteiger partial charge in [0.1, 0.15) is 5.75 Å². The summed E-state index contributed by atoms with van der Waals surface area (Å²) in [5.41, 5.74) is 2.52. The third-order valence-corrected chi connectivity index (χ3v) is 2.95. The summed E-state index contributed by atoms with van der Waals surface area (Å²) in [4.78, 5) is 0. The van der Waals surface area contributed by atoms with Crippen molar-refractivity contribution in [1.82, 2.24) is 0 Å². The zero-order chi connectivity index (χ0) is 14.1. The quantitative estimate of drug-likeness (QED) is 0.804. The normalized spacial score (nSPS) is 14.4. The Morgan fingerprint density at radius 3 is 1.94 bits per heavy atom. The molecule has 18 heavy (non-hydrogen) atoms. The third kappa shape index (κ3) is 3.74. The van der Waals surface area contributed by atoms with E-state index in [1.807, 2.05) is 6.07 Å². The van der Waals surface area contributed by atoms with E-state index in [0.29, 0.717) is 0 Å². The van der Waals surface area contributed by atoms with Crippen LogP contribution in [0.15, 0.2) is 18.2 Å². The Labute approximate surface area is 111 Å². The molecule has 0 saturated carbocycles. The van der Waals surface area contributed by atoms with Crippen LogP contribution in [0.2, 0.25) is 0 Å². The smallest absolute Gasteiger partial charge is 0.194 e. The average Bonchev–Trinajstić information content (AvgIpc) is 2.13. The van der Waals surface area contributed by atoms with E-state index >= 15 is 0 Å². The fraction of sp³-hybridized carbons (Fsp3) is 0.625. The average molecular weight is 250 g/mol. The van der Waals surface area contributed by atoms with E-state index in [2.05, 4.69) is 53.7 Å². The Morgan fingerprint density at radius 2 is 1.56 bits per heavy atom. The maximum absolute atomic E-state index is 9.40. The van der Waals surface area contributed by atoms with Gasteiger partial charge in [-0.25, -0.2) is 0 Å². The van der Waals surface area contributed by atoms with Crippen LogP contribution >= 0.6 is 0 Å². The van der Waals surface area contributed by atoms with Crippen molar-refractivity contribution in [2.24, 2.45) is 0 Å². The number of hydrogen-bond acceptors (Lipinski definition) is 2. The van der Waals surface area contributed by atoms with Crippen molar-refractivity contribution < 1.29 is 9.84 Å². The number of aliphatic hydroxyl groups excluding tert-OH is 1. The molecular weight excluding hydrogens is 224 g/mol. The summed E-state index contributed by atoms with van der Waals surface area (Å²) in [6.07, 6.45) is -0.786. The molecule has 1 rings (SSSR count). The molecule has 1 aromatic rings. The molecule has 1 N–H and O–H groups in total. The van der Waals surface area contributed by atoms with Crippen molar-refractivity contribution in [3.8, 4) is 5.75 Å². The largest absolute Gasteiger partial charge is 0.465 e. The lowest BCUT2D eigenvalue weighted by molar-refractivity contribution is -0.00156. The molecular formula is C16H26O2. The minimum absolute atomic E-state index is 0.00845. The molecule has 2 heteroatoms. The van der Waals surface area contributed by atoms with Crippen molar-refractivity contribution in [2.45, 2.75) is 65.6 Å². The van der Waals surface area contributed by atoms with Crippen LogP contribution < -0.4 is 4.74 Å². The summed E-state index contributed by atoms with van der Waals surface area (Å²) in [7, 11) is 0. The molecule has 0 spiro atoms. The molecule has 0 fully saturated rings. The number of benzene rings is 1. The van der Waals surface area contributed by atoms with Gasteiger partial charge in [0.2, 0.25) is 0 Å². The maximum atomic E-state index is 9.40. The lowest BCUT2D eigenvalue weighted by atomic mass is 9.80. The first-order valence-electron chi connectivity index (χ1n) is 6.51. The second kappa shape index (κ2) is 4.93. The Balaban J connectivity index is 3.30. The third-order valence-electron chi connectivity index (χ3n) is 2.95. The molecule has 2 nitrogen and oxygen atoms in total. The van der Waals surface area contributed by atoms with Crippen LogP contribution in [0.5, 0.6) is 5.75 Å². The zero-order valence-corrected chi connectivity index (χ0v) is 12.7. The fourth-order valence-corrected chi connectivity index (χ4v) is 1.87. The van der Waals surface area contributed by atoms with E-state index in [1.54, 1.807) is 6.92 Å². The highest BCUT2D eigenvalue weighted by Gasteiger charge is 2.23. The van der Waals surface area contributed by atoms with E-state index in [-0.39, 0.29) is 10.8 Å². The van der Waals surface area contributed by atoms with Gasteiger partial charge in [-0.15, -0.1) is 0 Å². The molecule has 0 bridgehead atoms. The van der Waals surface area contributed by atoms with E-state index in [0.717, 1.165) is 11.3 Å². The zero-order valence-electron chi connectivity index (χ0n) is 12.7. The van der Waals surface area contributed by atoms with Crippen LogP contribution in [-0.4, -0.2) is 11.4 Å². The molecule has 102 valence electrons. The van der Waals surface area contributed by atoms with Crippen LogP contribution in [0.4, 0.5) is 0 Å². The molecule has 1 unspecified atom stereocenters. The number of aliphatic hydroxyl groups is 1. The van der Waals surface area contributed by atoms with Crippen molar-refractivity contribution >= 4 is 0 Å². The topological polar surface area (TPSA) is 29.5 Å². The summed E-state index contributed by atoms with van der Waals surface area (Å²) in [5, 5.41) is 9.40. The molecule has 0 aliphatic heterocycles. The number of rotatable bonds is 2. The molecule has 0 aromatic heterocycles. The summed E-state index contributed by atoms with van der Waals surface area (Å²) in [6.45, 7) is 14.7. The SMILES string of the molecule is CC(O)Oc1ccc(C(C)(C)C)cc1C(C)(C)C. The van der Waals surface area contributed by atoms with Crippen molar-refractivity contribution in [3.63, 3.8) is 0 Å². The van der Waals surface area contributed by atoms with Crippen LogP contribution in [0.25, 0.3) is 0 Å². The van der Waals surface area contributed by atoms with Gasteiger partial charge in [-0.1, -0.05) is 53.7 Å². The molecule has 1 aromatic carbocycles. The summed E-state index contributed by atoms with van der Waals surface area (Å²) in [5.74, 6) is 0.769. The first-order chi connectivity index (χ1) is 8.01. The number of ether oxygens (including phenoxy) is 1. The highest BCUT2D eigenvalue weighted by atomic mass is 16.6. The second-order valence-electron chi connectivity index (χ2n) is 6.93. The van der Waals surface area contributed by atoms with Crippen LogP contribution in [0, 0.1) is 0 Å². The summed E-state index contributed by atoms with van der Waals surface area (Å²) < 4.78 is 5.50. The van der Waals surface area contributed by atoms with E-state index in [4.69, 9.17) is 4.74 Å². The predicted octanol–water partition coefficient (Wildman–Crippen LogP) is 4.00. The first-order valence-corrected chi connectivity index (χ1v) is 6.51. The molecule has 0 aliphatic carbocycles. The van der Waals surface area contributed by atoms with E-state index < -0.39 is 6.29 Å². The monoisotopic (exact) mass is 250 g/mol. The van der Waals surface area contributed by atoms with Crippen molar-refractivity contribution in [3.05, 3.63) is 29.3 Å². The Kier molecular flexibility index (Phi) is 4.12. The van der Waals surface area contributed by atoms with E-state index in [1.165, 1.54) is 5.56 Å². The van der Waals surface area contributed by atoms with Gasteiger partial charge in [0, 0.05) is 0 Å². The van der Waals surface area contributed by atoms with Crippen molar-refractivity contribution in [1.29, 1.82) is 0 Å². The fourth-order valence-electron chi connectivity index (χ4n) is 1.87. The van der Waals surface area contributed by atoms with Gasteiger partial charge in [0.25, 0.3) is 0 Å². The molecule has 0 aliphatic rings. The molecule has 0 amide bonds. The highest BCUT2D eigenvalue weighted by molar-refractivity contribution is 5.43. The Hall–Kier alpha value is -1.02. The van der Waals surface area contributed by atoms with Crippen LogP contribution in [0.3, 0.4) is 0 Å². The second-order valence-corrected chi connectivity index (χ2v) is 6.93. The van der Waals surface area contributed by atoms with E-state index in [9.17, 15) is 5.11 Å².